The van der Waals surface area contributed by atoms with E-state index in [2.05, 4.69) is 0 Å². The zero-order chi connectivity index (χ0) is 21.1. The van der Waals surface area contributed by atoms with Gasteiger partial charge in [0.2, 0.25) is 0 Å². The van der Waals surface area contributed by atoms with Crippen LogP contribution in [0, 0.1) is 5.41 Å². The molecule has 0 spiro atoms. The van der Waals surface area contributed by atoms with E-state index in [0.29, 0.717) is 0 Å². The van der Waals surface area contributed by atoms with Gasteiger partial charge >= 0.3 is 5.97 Å². The Hall–Kier alpha value is -3.35. The van der Waals surface area contributed by atoms with Gasteiger partial charge in [-0.2, -0.15) is 0 Å². The van der Waals surface area contributed by atoms with Gasteiger partial charge in [-0.05, 0) is 0 Å². The third kappa shape index (κ3) is 2.61. The second-order valence-corrected chi connectivity index (χ2v) is 8.14. The average molecular weight is 396 g/mol. The van der Waals surface area contributed by atoms with Crippen LogP contribution in [0.25, 0.3) is 0 Å². The molecule has 0 aromatic heterocycles. The Morgan fingerprint density at radius 3 is 2.21 bits per heavy atom. The monoisotopic (exact) mass is 396 g/mol. The highest BCUT2D eigenvalue weighted by Gasteiger charge is 2.55. The number of fused-ring (bicyclic) bond motifs is 4. The zero-order valence-electron chi connectivity index (χ0n) is 16.5. The lowest BCUT2D eigenvalue weighted by atomic mass is 9.82. The van der Waals surface area contributed by atoms with Gasteiger partial charge in [-0.1, -0.05) is 45.0 Å². The summed E-state index contributed by atoms with van der Waals surface area (Å²) in [7, 11) is 1.26. The number of aromatic hydroxyl groups is 1. The molecule has 0 amide bonds. The van der Waals surface area contributed by atoms with Gasteiger partial charge < -0.3 is 19.3 Å². The van der Waals surface area contributed by atoms with E-state index in [1.54, 1.807) is 24.3 Å². The maximum atomic E-state index is 13.2. The maximum Gasteiger partial charge on any atom is 0.313 e. The first-order chi connectivity index (χ1) is 13.6. The summed E-state index contributed by atoms with van der Waals surface area (Å²) in [6.45, 7) is 5.45. The minimum absolute atomic E-state index is 0.0458. The van der Waals surface area contributed by atoms with Crippen LogP contribution in [-0.4, -0.2) is 35.5 Å². The molecule has 2 aromatic carbocycles. The van der Waals surface area contributed by atoms with Crippen molar-refractivity contribution in [1.29, 1.82) is 0 Å². The number of carbonyl (C=O) groups excluding carboxylic acids is 3. The number of carbonyl (C=O) groups is 3. The van der Waals surface area contributed by atoms with E-state index in [1.807, 2.05) is 20.8 Å². The Morgan fingerprint density at radius 2 is 1.66 bits per heavy atom. The molecule has 1 aliphatic carbocycles. The van der Waals surface area contributed by atoms with Crippen molar-refractivity contribution in [3.8, 4) is 17.2 Å². The third-order valence-electron chi connectivity index (χ3n) is 5.38. The second-order valence-electron chi connectivity index (χ2n) is 8.14. The van der Waals surface area contributed by atoms with E-state index in [4.69, 9.17) is 14.2 Å². The Balaban J connectivity index is 1.92. The molecule has 1 aliphatic heterocycles. The number of methoxy groups -OCH3 is 1. The standard InChI is InChI=1S/C22H20O7/c1-21(2,3)22(10-15(24)27-4)28-14-9-13(23)16-17(20(14)29-22)19(26)12-8-6-5-7-11(12)18(16)25/h5-9,23H,10H2,1-4H3. The lowest BCUT2D eigenvalue weighted by Gasteiger charge is -2.38. The number of phenols is 1. The number of ketones is 2. The molecule has 2 aromatic rings. The summed E-state index contributed by atoms with van der Waals surface area (Å²) < 4.78 is 16.9. The molecule has 1 N–H and O–H groups in total. The Kier molecular flexibility index (Phi) is 3.98. The van der Waals surface area contributed by atoms with Crippen LogP contribution in [-0.2, 0) is 9.53 Å². The van der Waals surface area contributed by atoms with E-state index >= 15 is 0 Å². The van der Waals surface area contributed by atoms with Gasteiger partial charge in [-0.25, -0.2) is 0 Å². The molecule has 7 nitrogen and oxygen atoms in total. The predicted molar refractivity (Wildman–Crippen MR) is 101 cm³/mol. The fourth-order valence-corrected chi connectivity index (χ4v) is 3.67. The Labute approximate surface area is 167 Å². The first-order valence-corrected chi connectivity index (χ1v) is 9.13. The summed E-state index contributed by atoms with van der Waals surface area (Å²) >= 11 is 0. The highest BCUT2D eigenvalue weighted by atomic mass is 16.7. The van der Waals surface area contributed by atoms with Crippen molar-refractivity contribution in [2.24, 2.45) is 5.41 Å². The highest BCUT2D eigenvalue weighted by molar-refractivity contribution is 6.30. The first kappa shape index (κ1) is 19.0. The smallest absolute Gasteiger partial charge is 0.313 e. The second kappa shape index (κ2) is 6.07. The van der Waals surface area contributed by atoms with Crippen LogP contribution in [0.15, 0.2) is 30.3 Å². The van der Waals surface area contributed by atoms with Crippen LogP contribution < -0.4 is 9.47 Å². The van der Waals surface area contributed by atoms with E-state index in [9.17, 15) is 19.5 Å². The van der Waals surface area contributed by atoms with Crippen molar-refractivity contribution in [1.82, 2.24) is 0 Å². The minimum Gasteiger partial charge on any atom is -0.507 e. The van der Waals surface area contributed by atoms with Gasteiger partial charge in [-0.3, -0.25) is 14.4 Å². The number of ether oxygens (including phenoxy) is 3. The summed E-state index contributed by atoms with van der Waals surface area (Å²) in [4.78, 5) is 38.2. The van der Waals surface area contributed by atoms with E-state index in [0.717, 1.165) is 0 Å². The third-order valence-corrected chi connectivity index (χ3v) is 5.38. The van der Waals surface area contributed by atoms with Crippen molar-refractivity contribution in [2.75, 3.05) is 7.11 Å². The van der Waals surface area contributed by atoms with Crippen molar-refractivity contribution < 1.29 is 33.7 Å². The molecule has 0 fully saturated rings. The van der Waals surface area contributed by atoms with Crippen LogP contribution in [0.2, 0.25) is 0 Å². The number of benzene rings is 2. The molecule has 2 aliphatic rings. The molecule has 0 saturated heterocycles. The van der Waals surface area contributed by atoms with Crippen LogP contribution >= 0.6 is 0 Å². The summed E-state index contributed by atoms with van der Waals surface area (Å²) in [5, 5.41) is 10.5. The molecule has 0 radical (unpaired) electrons. The number of hydrogen-bond acceptors (Lipinski definition) is 7. The lowest BCUT2D eigenvalue weighted by molar-refractivity contribution is -0.182. The Morgan fingerprint density at radius 1 is 1.07 bits per heavy atom. The molecule has 0 bridgehead atoms. The number of hydrogen-bond donors (Lipinski definition) is 1. The minimum atomic E-state index is -1.47. The van der Waals surface area contributed by atoms with Crippen molar-refractivity contribution >= 4 is 17.5 Å². The highest BCUT2D eigenvalue weighted by Crippen LogP contribution is 2.54. The van der Waals surface area contributed by atoms with Gasteiger partial charge in [0.1, 0.15) is 12.2 Å². The summed E-state index contributed by atoms with van der Waals surface area (Å²) in [5.74, 6) is -3.18. The molecule has 1 unspecified atom stereocenters. The molecule has 4 rings (SSSR count). The van der Waals surface area contributed by atoms with Gasteiger partial charge in [0, 0.05) is 22.6 Å². The largest absolute Gasteiger partial charge is 0.507 e. The van der Waals surface area contributed by atoms with Crippen LogP contribution in [0.1, 0.15) is 59.0 Å². The van der Waals surface area contributed by atoms with Crippen LogP contribution in [0.3, 0.4) is 0 Å². The average Bonchev–Trinajstić information content (AvgIpc) is 3.04. The van der Waals surface area contributed by atoms with E-state index in [1.165, 1.54) is 13.2 Å². The molecule has 1 heterocycles. The fourth-order valence-electron chi connectivity index (χ4n) is 3.67. The quantitative estimate of drug-likeness (QED) is 0.664. The molecular weight excluding hydrogens is 376 g/mol. The number of rotatable bonds is 2. The van der Waals surface area contributed by atoms with Crippen molar-refractivity contribution in [3.05, 3.63) is 52.6 Å². The fraction of sp³-hybridized carbons (Fsp3) is 0.318. The molecular formula is C22H20O7. The molecule has 29 heavy (non-hydrogen) atoms. The van der Waals surface area contributed by atoms with Crippen LogP contribution in [0.4, 0.5) is 0 Å². The van der Waals surface area contributed by atoms with Gasteiger partial charge in [0.15, 0.2) is 23.1 Å². The van der Waals surface area contributed by atoms with Crippen LogP contribution in [0.5, 0.6) is 17.2 Å². The summed E-state index contributed by atoms with van der Waals surface area (Å²) in [6, 6.07) is 7.65. The van der Waals surface area contributed by atoms with Gasteiger partial charge in [0.05, 0.1) is 18.2 Å². The number of phenolic OH excluding ortho intramolecular Hbond substituents is 1. The normalized spacial score (nSPS) is 19.6. The topological polar surface area (TPSA) is 99.1 Å². The van der Waals surface area contributed by atoms with E-state index in [-0.39, 0.29) is 45.9 Å². The molecule has 0 saturated carbocycles. The Bertz CT molecular complexity index is 1080. The zero-order valence-corrected chi connectivity index (χ0v) is 16.5. The lowest BCUT2D eigenvalue weighted by Crippen LogP contribution is -2.52. The van der Waals surface area contributed by atoms with Gasteiger partial charge in [0.25, 0.3) is 5.79 Å². The summed E-state index contributed by atoms with van der Waals surface area (Å²) in [6.07, 6.45) is -0.240. The van der Waals surface area contributed by atoms with Crippen molar-refractivity contribution in [3.63, 3.8) is 0 Å². The van der Waals surface area contributed by atoms with Gasteiger partial charge in [-0.15, -0.1) is 0 Å². The maximum absolute atomic E-state index is 13.2. The van der Waals surface area contributed by atoms with E-state index < -0.39 is 28.7 Å². The predicted octanol–water partition coefficient (Wildman–Crippen LogP) is 3.24. The molecule has 7 heteroatoms. The first-order valence-electron chi connectivity index (χ1n) is 9.13. The molecule has 150 valence electrons. The molecule has 1 atom stereocenters. The SMILES string of the molecule is COC(=O)CC1(C(C)(C)C)Oc2cc(O)c3c(c2O1)C(=O)c1ccccc1C3=O. The van der Waals surface area contributed by atoms with Crippen molar-refractivity contribution in [2.45, 2.75) is 33.0 Å². The summed E-state index contributed by atoms with van der Waals surface area (Å²) in [5.41, 5.74) is -0.445. The number of esters is 1.